The molecular weight excluding hydrogens is 181 g/mol. The maximum atomic E-state index is 11.6. The highest BCUT2D eigenvalue weighted by Gasteiger charge is 2.26. The minimum absolute atomic E-state index is 0.0580. The van der Waals surface area contributed by atoms with Crippen LogP contribution in [-0.4, -0.2) is 18.9 Å². The van der Waals surface area contributed by atoms with E-state index in [4.69, 9.17) is 4.74 Å². The third-order valence-corrected chi connectivity index (χ3v) is 1.59. The Labute approximate surface area is 77.3 Å². The van der Waals surface area contributed by atoms with Crippen molar-refractivity contribution < 1.29 is 17.9 Å². The molecule has 4 heteroatoms. The Kier molecular flexibility index (Phi) is 6.12. The summed E-state index contributed by atoms with van der Waals surface area (Å²) >= 11 is 0. The van der Waals surface area contributed by atoms with Gasteiger partial charge in [-0.05, 0) is 19.8 Å². The van der Waals surface area contributed by atoms with Crippen LogP contribution in [0.4, 0.5) is 13.2 Å². The zero-order valence-electron chi connectivity index (χ0n) is 8.03. The first kappa shape index (κ1) is 12.8. The summed E-state index contributed by atoms with van der Waals surface area (Å²) in [5.74, 6) is 0. The van der Waals surface area contributed by atoms with Gasteiger partial charge in [0.15, 0.2) is 0 Å². The largest absolute Gasteiger partial charge is 0.392 e. The molecule has 1 unspecified atom stereocenters. The monoisotopic (exact) mass is 197 g/mol. The molecule has 0 saturated carbocycles. The maximum absolute atomic E-state index is 11.6. The summed E-state index contributed by atoms with van der Waals surface area (Å²) in [4.78, 5) is 0. The van der Waals surface area contributed by atoms with Gasteiger partial charge in [-0.1, -0.05) is 13.3 Å². The van der Waals surface area contributed by atoms with Crippen molar-refractivity contribution in [3.05, 3.63) is 6.42 Å². The highest BCUT2D eigenvalue weighted by molar-refractivity contribution is 4.73. The molecule has 0 N–H and O–H groups in total. The van der Waals surface area contributed by atoms with E-state index in [1.54, 1.807) is 0 Å². The summed E-state index contributed by atoms with van der Waals surface area (Å²) in [7, 11) is 0. The van der Waals surface area contributed by atoms with Gasteiger partial charge < -0.3 is 4.74 Å². The van der Waals surface area contributed by atoms with Crippen LogP contribution >= 0.6 is 0 Å². The maximum Gasteiger partial charge on any atom is 0.392 e. The Bertz CT molecular complexity index is 123. The third-order valence-electron chi connectivity index (χ3n) is 1.59. The molecule has 1 radical (unpaired) electrons. The molecule has 0 aromatic rings. The summed E-state index contributed by atoms with van der Waals surface area (Å²) in [5, 5.41) is 0. The Balaban J connectivity index is 3.25. The van der Waals surface area contributed by atoms with Crippen LogP contribution in [0.2, 0.25) is 0 Å². The molecule has 0 aliphatic rings. The molecule has 1 nitrogen and oxygen atoms in total. The van der Waals surface area contributed by atoms with Gasteiger partial charge in [0.25, 0.3) is 0 Å². The first-order valence-corrected chi connectivity index (χ1v) is 4.48. The molecule has 13 heavy (non-hydrogen) atoms. The normalized spacial score (nSPS) is 14.5. The van der Waals surface area contributed by atoms with E-state index < -0.39 is 6.18 Å². The number of hydrogen-bond donors (Lipinski definition) is 0. The quantitative estimate of drug-likeness (QED) is 0.593. The minimum atomic E-state index is -4.17. The molecule has 0 bridgehead atoms. The summed E-state index contributed by atoms with van der Waals surface area (Å²) < 4.78 is 40.0. The fourth-order valence-electron chi connectivity index (χ4n) is 0.982. The van der Waals surface area contributed by atoms with Gasteiger partial charge in [0.05, 0.1) is 12.5 Å². The van der Waals surface area contributed by atoms with Gasteiger partial charge in [-0.2, -0.15) is 13.2 Å². The predicted molar refractivity (Wildman–Crippen MR) is 45.3 cm³/mol. The molecule has 1 atom stereocenters. The molecule has 79 valence electrons. The second-order valence-electron chi connectivity index (χ2n) is 3.00. The van der Waals surface area contributed by atoms with Gasteiger partial charge in [-0.15, -0.1) is 0 Å². The van der Waals surface area contributed by atoms with Crippen molar-refractivity contribution in [3.8, 4) is 0 Å². The Hall–Kier alpha value is -0.250. The topological polar surface area (TPSA) is 9.23 Å². The van der Waals surface area contributed by atoms with Crippen molar-refractivity contribution in [2.45, 2.75) is 45.4 Å². The SMILES string of the molecule is CCCC(C)OCC[CH]C(F)(F)F. The van der Waals surface area contributed by atoms with Crippen LogP contribution in [0.3, 0.4) is 0 Å². The van der Waals surface area contributed by atoms with Crippen molar-refractivity contribution in [1.29, 1.82) is 0 Å². The number of hydrogen-bond acceptors (Lipinski definition) is 1. The molecule has 0 aromatic heterocycles. The van der Waals surface area contributed by atoms with Crippen molar-refractivity contribution >= 4 is 0 Å². The van der Waals surface area contributed by atoms with E-state index in [0.717, 1.165) is 12.8 Å². The lowest BCUT2D eigenvalue weighted by atomic mass is 10.2. The summed E-state index contributed by atoms with van der Waals surface area (Å²) in [6, 6.07) is 0. The minimum Gasteiger partial charge on any atom is -0.378 e. The standard InChI is InChI=1S/C9H16F3O/c1-3-5-8(2)13-7-4-6-9(10,11)12/h6,8H,3-5,7H2,1-2H3. The smallest absolute Gasteiger partial charge is 0.378 e. The molecular formula is C9H16F3O. The van der Waals surface area contributed by atoms with Crippen molar-refractivity contribution in [2.75, 3.05) is 6.61 Å². The number of rotatable bonds is 6. The third kappa shape index (κ3) is 9.67. The molecule has 0 amide bonds. The van der Waals surface area contributed by atoms with E-state index in [9.17, 15) is 13.2 Å². The van der Waals surface area contributed by atoms with Crippen molar-refractivity contribution in [1.82, 2.24) is 0 Å². The average molecular weight is 197 g/mol. The zero-order chi connectivity index (χ0) is 10.3. The van der Waals surface area contributed by atoms with E-state index in [2.05, 4.69) is 0 Å². The van der Waals surface area contributed by atoms with Crippen LogP contribution in [-0.2, 0) is 4.74 Å². The number of halogens is 3. The first-order chi connectivity index (χ1) is 5.95. The lowest BCUT2D eigenvalue weighted by molar-refractivity contribution is -0.101. The van der Waals surface area contributed by atoms with Crippen LogP contribution in [0.25, 0.3) is 0 Å². The highest BCUT2D eigenvalue weighted by Crippen LogP contribution is 2.20. The lowest BCUT2D eigenvalue weighted by Crippen LogP contribution is -2.13. The van der Waals surface area contributed by atoms with Gasteiger partial charge in [0.2, 0.25) is 0 Å². The van der Waals surface area contributed by atoms with E-state index in [1.807, 2.05) is 13.8 Å². The molecule has 0 saturated heterocycles. The van der Waals surface area contributed by atoms with Crippen LogP contribution in [0.1, 0.15) is 33.1 Å². The Morgan fingerprint density at radius 3 is 2.46 bits per heavy atom. The average Bonchev–Trinajstić information content (AvgIpc) is 1.97. The lowest BCUT2D eigenvalue weighted by Gasteiger charge is -2.12. The summed E-state index contributed by atoms with van der Waals surface area (Å²) in [6.07, 6.45) is -1.96. The second-order valence-corrected chi connectivity index (χ2v) is 3.00. The number of ether oxygens (including phenoxy) is 1. The van der Waals surface area contributed by atoms with Gasteiger partial charge >= 0.3 is 6.18 Å². The van der Waals surface area contributed by atoms with Crippen molar-refractivity contribution in [3.63, 3.8) is 0 Å². The predicted octanol–water partition coefficient (Wildman–Crippen LogP) is 3.35. The van der Waals surface area contributed by atoms with E-state index in [0.29, 0.717) is 6.42 Å². The molecule has 0 aliphatic carbocycles. The second kappa shape index (κ2) is 6.24. The van der Waals surface area contributed by atoms with Crippen LogP contribution in [0, 0.1) is 6.42 Å². The molecule has 0 spiro atoms. The molecule has 0 fully saturated rings. The van der Waals surface area contributed by atoms with Crippen LogP contribution in [0.5, 0.6) is 0 Å². The molecule has 0 rings (SSSR count). The first-order valence-electron chi connectivity index (χ1n) is 4.48. The van der Waals surface area contributed by atoms with Gasteiger partial charge in [-0.25, -0.2) is 0 Å². The molecule has 0 aromatic carbocycles. The summed E-state index contributed by atoms with van der Waals surface area (Å²) in [5.41, 5.74) is 0. The Morgan fingerprint density at radius 2 is 2.00 bits per heavy atom. The number of alkyl halides is 3. The van der Waals surface area contributed by atoms with Gasteiger partial charge in [-0.3, -0.25) is 0 Å². The summed E-state index contributed by atoms with van der Waals surface area (Å²) in [6.45, 7) is 4.04. The van der Waals surface area contributed by atoms with Crippen LogP contribution < -0.4 is 0 Å². The van der Waals surface area contributed by atoms with Crippen molar-refractivity contribution in [2.24, 2.45) is 0 Å². The highest BCUT2D eigenvalue weighted by atomic mass is 19.4. The Morgan fingerprint density at radius 1 is 1.38 bits per heavy atom. The van der Waals surface area contributed by atoms with E-state index in [1.165, 1.54) is 0 Å². The zero-order valence-corrected chi connectivity index (χ0v) is 8.03. The molecule has 0 heterocycles. The van der Waals surface area contributed by atoms with Gasteiger partial charge in [0.1, 0.15) is 0 Å². The fraction of sp³-hybridized carbons (Fsp3) is 0.889. The van der Waals surface area contributed by atoms with E-state index in [-0.39, 0.29) is 19.1 Å². The molecule has 0 aliphatic heterocycles. The van der Waals surface area contributed by atoms with Crippen LogP contribution in [0.15, 0.2) is 0 Å². The fourth-order valence-corrected chi connectivity index (χ4v) is 0.982. The van der Waals surface area contributed by atoms with E-state index >= 15 is 0 Å². The van der Waals surface area contributed by atoms with Gasteiger partial charge in [0, 0.05) is 6.61 Å².